The quantitative estimate of drug-likeness (QED) is 0.886. The van der Waals surface area contributed by atoms with Crippen LogP contribution in [0.15, 0.2) is 30.3 Å². The summed E-state index contributed by atoms with van der Waals surface area (Å²) in [6.07, 6.45) is 1.12. The van der Waals surface area contributed by atoms with Crippen molar-refractivity contribution in [1.29, 1.82) is 0 Å². The minimum absolute atomic E-state index is 0.0767. The second-order valence-corrected chi connectivity index (χ2v) is 6.90. The zero-order chi connectivity index (χ0) is 14.8. The zero-order valence-electron chi connectivity index (χ0n) is 12.9. The van der Waals surface area contributed by atoms with Gasteiger partial charge in [0.2, 0.25) is 5.91 Å². The summed E-state index contributed by atoms with van der Waals surface area (Å²) in [6.45, 7) is 8.68. The molecule has 20 heavy (non-hydrogen) atoms. The van der Waals surface area contributed by atoms with Crippen molar-refractivity contribution in [2.75, 3.05) is 6.54 Å². The van der Waals surface area contributed by atoms with Crippen LogP contribution in [0.3, 0.4) is 0 Å². The lowest BCUT2D eigenvalue weighted by Crippen LogP contribution is -2.52. The first kappa shape index (κ1) is 15.0. The van der Waals surface area contributed by atoms with Crippen LogP contribution < -0.4 is 10.6 Å². The third-order valence-electron chi connectivity index (χ3n) is 4.04. The van der Waals surface area contributed by atoms with Gasteiger partial charge in [0.05, 0.1) is 6.54 Å². The Morgan fingerprint density at radius 2 is 1.90 bits per heavy atom. The summed E-state index contributed by atoms with van der Waals surface area (Å²) in [5.74, 6) is 1.28. The van der Waals surface area contributed by atoms with Crippen LogP contribution in [-0.4, -0.2) is 24.0 Å². The van der Waals surface area contributed by atoms with Gasteiger partial charge in [-0.3, -0.25) is 4.79 Å². The topological polar surface area (TPSA) is 41.1 Å². The number of rotatable bonds is 4. The standard InChI is InChI=1S/C17H26N2O/c1-12-14(13-8-6-5-7-9-13)10-15(12)18-11-16(20)19-17(2,3)4/h5-9,12,14-15,18H,10-11H2,1-4H3,(H,19,20)/t12-,14-,15-/m0/s1. The number of carbonyl (C=O) groups is 1. The molecule has 0 saturated heterocycles. The molecule has 110 valence electrons. The Bertz CT molecular complexity index is 450. The van der Waals surface area contributed by atoms with Gasteiger partial charge in [0, 0.05) is 11.6 Å². The molecule has 0 heterocycles. The summed E-state index contributed by atoms with van der Waals surface area (Å²) in [7, 11) is 0. The highest BCUT2D eigenvalue weighted by atomic mass is 16.2. The molecule has 1 aromatic rings. The maximum Gasteiger partial charge on any atom is 0.234 e. The number of hydrogen-bond donors (Lipinski definition) is 2. The van der Waals surface area contributed by atoms with E-state index >= 15 is 0 Å². The molecule has 0 unspecified atom stereocenters. The predicted octanol–water partition coefficient (Wildman–Crippen LogP) is 2.68. The van der Waals surface area contributed by atoms with Crippen LogP contribution in [0.5, 0.6) is 0 Å². The molecular weight excluding hydrogens is 248 g/mol. The number of amides is 1. The Hall–Kier alpha value is -1.35. The second kappa shape index (κ2) is 5.96. The average molecular weight is 274 g/mol. The molecule has 0 spiro atoms. The first-order valence-electron chi connectivity index (χ1n) is 7.46. The number of hydrogen-bond acceptors (Lipinski definition) is 2. The number of nitrogens with one attached hydrogen (secondary N) is 2. The Balaban J connectivity index is 1.76. The normalized spacial score (nSPS) is 25.9. The molecule has 1 aliphatic carbocycles. The molecule has 3 atom stereocenters. The van der Waals surface area contributed by atoms with Crippen LogP contribution in [0.4, 0.5) is 0 Å². The van der Waals surface area contributed by atoms with E-state index in [1.54, 1.807) is 0 Å². The van der Waals surface area contributed by atoms with Gasteiger partial charge in [0.1, 0.15) is 0 Å². The van der Waals surface area contributed by atoms with E-state index in [2.05, 4.69) is 47.9 Å². The first-order chi connectivity index (χ1) is 9.37. The van der Waals surface area contributed by atoms with Crippen molar-refractivity contribution in [3.05, 3.63) is 35.9 Å². The molecule has 0 aromatic heterocycles. The Kier molecular flexibility index (Phi) is 4.48. The van der Waals surface area contributed by atoms with Gasteiger partial charge in [-0.25, -0.2) is 0 Å². The smallest absolute Gasteiger partial charge is 0.234 e. The fraction of sp³-hybridized carbons (Fsp3) is 0.588. The Morgan fingerprint density at radius 1 is 1.25 bits per heavy atom. The van der Waals surface area contributed by atoms with Crippen molar-refractivity contribution in [2.24, 2.45) is 5.92 Å². The van der Waals surface area contributed by atoms with Crippen molar-refractivity contribution >= 4 is 5.91 Å². The molecule has 1 amide bonds. The summed E-state index contributed by atoms with van der Waals surface area (Å²) >= 11 is 0. The Morgan fingerprint density at radius 3 is 2.45 bits per heavy atom. The minimum Gasteiger partial charge on any atom is -0.350 e. The van der Waals surface area contributed by atoms with E-state index in [1.807, 2.05) is 20.8 Å². The van der Waals surface area contributed by atoms with Gasteiger partial charge < -0.3 is 10.6 Å². The predicted molar refractivity (Wildman–Crippen MR) is 82.7 cm³/mol. The number of carbonyl (C=O) groups excluding carboxylic acids is 1. The molecule has 2 rings (SSSR count). The maximum atomic E-state index is 11.8. The van der Waals surface area contributed by atoms with E-state index < -0.39 is 0 Å². The summed E-state index contributed by atoms with van der Waals surface area (Å²) < 4.78 is 0. The maximum absolute atomic E-state index is 11.8. The van der Waals surface area contributed by atoms with Crippen LogP contribution in [-0.2, 0) is 4.79 Å². The highest BCUT2D eigenvalue weighted by Crippen LogP contribution is 2.42. The van der Waals surface area contributed by atoms with E-state index in [-0.39, 0.29) is 11.4 Å². The van der Waals surface area contributed by atoms with Crippen molar-refractivity contribution in [1.82, 2.24) is 10.6 Å². The largest absolute Gasteiger partial charge is 0.350 e. The van der Waals surface area contributed by atoms with Crippen molar-refractivity contribution in [3.8, 4) is 0 Å². The zero-order valence-corrected chi connectivity index (χ0v) is 12.9. The molecule has 0 aliphatic heterocycles. The first-order valence-corrected chi connectivity index (χ1v) is 7.46. The number of benzene rings is 1. The van der Waals surface area contributed by atoms with E-state index in [0.29, 0.717) is 24.4 Å². The lowest BCUT2D eigenvalue weighted by molar-refractivity contribution is -0.122. The third-order valence-corrected chi connectivity index (χ3v) is 4.04. The van der Waals surface area contributed by atoms with Gasteiger partial charge in [0.25, 0.3) is 0 Å². The van der Waals surface area contributed by atoms with Gasteiger partial charge in [-0.1, -0.05) is 37.3 Å². The second-order valence-electron chi connectivity index (χ2n) is 6.90. The molecule has 3 heteroatoms. The molecule has 1 aliphatic rings. The van der Waals surface area contributed by atoms with E-state index in [1.165, 1.54) is 5.56 Å². The fourth-order valence-corrected chi connectivity index (χ4v) is 2.88. The summed E-state index contributed by atoms with van der Waals surface area (Å²) in [6, 6.07) is 11.1. The molecule has 1 saturated carbocycles. The van der Waals surface area contributed by atoms with Crippen molar-refractivity contribution < 1.29 is 4.79 Å². The van der Waals surface area contributed by atoms with Crippen LogP contribution in [0.2, 0.25) is 0 Å². The van der Waals surface area contributed by atoms with Crippen molar-refractivity contribution in [3.63, 3.8) is 0 Å². The lowest BCUT2D eigenvalue weighted by atomic mass is 9.67. The van der Waals surface area contributed by atoms with E-state index in [9.17, 15) is 4.79 Å². The van der Waals surface area contributed by atoms with Crippen LogP contribution in [0.1, 0.15) is 45.6 Å². The molecular formula is C17H26N2O. The SMILES string of the molecule is C[C@@H]1[C@@H](NCC(=O)NC(C)(C)C)C[C@@H]1c1ccccc1. The molecule has 0 bridgehead atoms. The highest BCUT2D eigenvalue weighted by molar-refractivity contribution is 5.78. The van der Waals surface area contributed by atoms with Crippen LogP contribution in [0, 0.1) is 5.92 Å². The summed E-state index contributed by atoms with van der Waals surface area (Å²) in [5.41, 5.74) is 1.26. The van der Waals surface area contributed by atoms with Gasteiger partial charge in [-0.2, -0.15) is 0 Å². The van der Waals surface area contributed by atoms with Gasteiger partial charge in [-0.15, -0.1) is 0 Å². The molecule has 0 radical (unpaired) electrons. The average Bonchev–Trinajstić information content (AvgIpc) is 2.36. The van der Waals surface area contributed by atoms with E-state index in [4.69, 9.17) is 0 Å². The Labute approximate surface area is 122 Å². The molecule has 1 fully saturated rings. The van der Waals surface area contributed by atoms with Gasteiger partial charge in [0.15, 0.2) is 0 Å². The minimum atomic E-state index is -0.156. The third kappa shape index (κ3) is 3.83. The van der Waals surface area contributed by atoms with Gasteiger partial charge in [-0.05, 0) is 44.6 Å². The van der Waals surface area contributed by atoms with Gasteiger partial charge >= 0.3 is 0 Å². The summed E-state index contributed by atoms with van der Waals surface area (Å²) in [4.78, 5) is 11.8. The molecule has 1 aromatic carbocycles. The fourth-order valence-electron chi connectivity index (χ4n) is 2.88. The summed E-state index contributed by atoms with van der Waals surface area (Å²) in [5, 5.41) is 6.36. The molecule has 3 nitrogen and oxygen atoms in total. The highest BCUT2D eigenvalue weighted by Gasteiger charge is 2.38. The lowest BCUT2D eigenvalue weighted by Gasteiger charge is -2.43. The van der Waals surface area contributed by atoms with Crippen LogP contribution >= 0.6 is 0 Å². The van der Waals surface area contributed by atoms with Crippen molar-refractivity contribution in [2.45, 2.75) is 51.6 Å². The molecule has 2 N–H and O–H groups in total. The van der Waals surface area contributed by atoms with E-state index in [0.717, 1.165) is 6.42 Å². The van der Waals surface area contributed by atoms with Crippen LogP contribution in [0.25, 0.3) is 0 Å². The monoisotopic (exact) mass is 274 g/mol.